The second-order valence-electron chi connectivity index (χ2n) is 5.84. The molecule has 2 amide bonds. The zero-order valence-electron chi connectivity index (χ0n) is 13.0. The van der Waals surface area contributed by atoms with Crippen molar-refractivity contribution < 1.29 is 18.7 Å². The van der Waals surface area contributed by atoms with E-state index in [-0.39, 0.29) is 11.4 Å². The molecule has 0 spiro atoms. The molecule has 2 heterocycles. The number of ether oxygens (including phenoxy) is 1. The number of anilines is 1. The molecule has 0 radical (unpaired) electrons. The number of carbonyl (C=O) groups is 2. The molecule has 7 heteroatoms. The predicted octanol–water partition coefficient (Wildman–Crippen LogP) is 2.84. The van der Waals surface area contributed by atoms with Crippen molar-refractivity contribution in [3.63, 3.8) is 0 Å². The molecule has 0 aliphatic rings. The summed E-state index contributed by atoms with van der Waals surface area (Å²) in [5.74, 6) is -0.793. The van der Waals surface area contributed by atoms with E-state index in [1.165, 1.54) is 0 Å². The third-order valence-electron chi connectivity index (χ3n) is 2.85. The Hall–Kier alpha value is -2.57. The molecule has 7 nitrogen and oxygen atoms in total. The van der Waals surface area contributed by atoms with Crippen LogP contribution in [0.2, 0.25) is 0 Å². The molecule has 0 aromatic carbocycles. The minimum Gasteiger partial charge on any atom is -0.444 e. The molecule has 0 saturated heterocycles. The van der Waals surface area contributed by atoms with Crippen molar-refractivity contribution in [2.75, 3.05) is 5.32 Å². The molecule has 0 atom stereocenters. The highest BCUT2D eigenvalue weighted by Crippen LogP contribution is 2.29. The van der Waals surface area contributed by atoms with Gasteiger partial charge in [-0.1, -0.05) is 6.92 Å². The number of furan rings is 1. The van der Waals surface area contributed by atoms with Crippen LogP contribution in [0.25, 0.3) is 11.1 Å². The van der Waals surface area contributed by atoms with Crippen molar-refractivity contribution in [2.24, 2.45) is 5.73 Å². The number of aryl methyl sites for hydroxylation is 1. The summed E-state index contributed by atoms with van der Waals surface area (Å²) in [6.07, 6.45) is 1.68. The van der Waals surface area contributed by atoms with Crippen molar-refractivity contribution in [3.05, 3.63) is 23.4 Å². The van der Waals surface area contributed by atoms with E-state index in [0.29, 0.717) is 11.1 Å². The van der Waals surface area contributed by atoms with Gasteiger partial charge in [-0.05, 0) is 38.8 Å². The van der Waals surface area contributed by atoms with Crippen molar-refractivity contribution >= 4 is 29.0 Å². The van der Waals surface area contributed by atoms with E-state index in [4.69, 9.17) is 14.9 Å². The highest BCUT2D eigenvalue weighted by molar-refractivity contribution is 6.10. The quantitative estimate of drug-likeness (QED) is 0.906. The molecule has 3 N–H and O–H groups in total. The summed E-state index contributed by atoms with van der Waals surface area (Å²) in [5.41, 5.74) is 6.38. The largest absolute Gasteiger partial charge is 0.444 e. The van der Waals surface area contributed by atoms with Gasteiger partial charge in [0.15, 0.2) is 5.58 Å². The lowest BCUT2D eigenvalue weighted by Gasteiger charge is -2.19. The molecule has 2 rings (SSSR count). The number of hydrogen-bond donors (Lipinski definition) is 2. The van der Waals surface area contributed by atoms with Gasteiger partial charge in [0.1, 0.15) is 16.7 Å². The summed E-state index contributed by atoms with van der Waals surface area (Å²) < 4.78 is 10.6. The number of carbonyl (C=O) groups excluding carboxylic acids is 2. The molecule has 0 aliphatic heterocycles. The summed E-state index contributed by atoms with van der Waals surface area (Å²) in [6, 6.07) is 1.76. The standard InChI is InChI=1S/C15H19N3O4/c1-5-8-6-9-11(17-7-8)10(12(16)19)13(21-9)18-14(20)22-15(2,3)4/h6-7H,5H2,1-4H3,(H2,16,19)(H,18,20). The first-order chi connectivity index (χ1) is 10.2. The zero-order chi connectivity index (χ0) is 16.5. The number of nitrogens with two attached hydrogens (primary N) is 1. The maximum absolute atomic E-state index is 11.8. The Bertz CT molecular complexity index is 728. The van der Waals surface area contributed by atoms with Crippen molar-refractivity contribution in [3.8, 4) is 0 Å². The Morgan fingerprint density at radius 3 is 2.64 bits per heavy atom. The van der Waals surface area contributed by atoms with E-state index in [1.54, 1.807) is 33.0 Å². The lowest BCUT2D eigenvalue weighted by atomic mass is 10.2. The molecule has 0 unspecified atom stereocenters. The van der Waals surface area contributed by atoms with Gasteiger partial charge in [-0.2, -0.15) is 0 Å². The Morgan fingerprint density at radius 2 is 2.09 bits per heavy atom. The van der Waals surface area contributed by atoms with Crippen LogP contribution in [0.1, 0.15) is 43.6 Å². The van der Waals surface area contributed by atoms with E-state index < -0.39 is 17.6 Å². The Labute approximate surface area is 127 Å². The van der Waals surface area contributed by atoms with Crippen molar-refractivity contribution in [1.82, 2.24) is 4.98 Å². The van der Waals surface area contributed by atoms with Gasteiger partial charge in [0.05, 0.1) is 0 Å². The van der Waals surface area contributed by atoms with E-state index in [9.17, 15) is 9.59 Å². The fourth-order valence-electron chi connectivity index (χ4n) is 1.93. The van der Waals surface area contributed by atoms with Crippen LogP contribution < -0.4 is 11.1 Å². The molecule has 0 saturated carbocycles. The van der Waals surface area contributed by atoms with Gasteiger partial charge in [-0.15, -0.1) is 0 Å². The maximum Gasteiger partial charge on any atom is 0.414 e. The van der Waals surface area contributed by atoms with Gasteiger partial charge in [0.2, 0.25) is 5.88 Å². The third kappa shape index (κ3) is 3.36. The van der Waals surface area contributed by atoms with E-state index in [2.05, 4.69) is 10.3 Å². The van der Waals surface area contributed by atoms with Crippen LogP contribution >= 0.6 is 0 Å². The fraction of sp³-hybridized carbons (Fsp3) is 0.400. The minimum absolute atomic E-state index is 0.0310. The van der Waals surface area contributed by atoms with Crippen LogP contribution in [-0.4, -0.2) is 22.6 Å². The molecule has 0 aliphatic carbocycles. The van der Waals surface area contributed by atoms with Gasteiger partial charge in [-0.3, -0.25) is 15.1 Å². The highest BCUT2D eigenvalue weighted by Gasteiger charge is 2.24. The van der Waals surface area contributed by atoms with Crippen LogP contribution in [0.3, 0.4) is 0 Å². The lowest BCUT2D eigenvalue weighted by molar-refractivity contribution is 0.0633. The average Bonchev–Trinajstić information content (AvgIpc) is 2.72. The summed E-state index contributed by atoms with van der Waals surface area (Å²) in [5, 5.41) is 2.41. The number of aromatic nitrogens is 1. The number of rotatable bonds is 3. The first kappa shape index (κ1) is 15.8. The lowest BCUT2D eigenvalue weighted by Crippen LogP contribution is -2.27. The summed E-state index contributed by atoms with van der Waals surface area (Å²) in [6.45, 7) is 7.17. The maximum atomic E-state index is 11.8. The van der Waals surface area contributed by atoms with Crippen molar-refractivity contribution in [2.45, 2.75) is 39.7 Å². The number of nitrogens with one attached hydrogen (secondary N) is 1. The zero-order valence-corrected chi connectivity index (χ0v) is 13.0. The second kappa shape index (κ2) is 5.67. The average molecular weight is 305 g/mol. The first-order valence-electron chi connectivity index (χ1n) is 6.92. The minimum atomic E-state index is -0.735. The number of amides is 2. The number of primary amides is 1. The first-order valence-corrected chi connectivity index (χ1v) is 6.92. The van der Waals surface area contributed by atoms with Crippen LogP contribution in [-0.2, 0) is 11.2 Å². The Kier molecular flexibility index (Phi) is 4.07. The van der Waals surface area contributed by atoms with Crippen LogP contribution in [0.15, 0.2) is 16.7 Å². The molecular weight excluding hydrogens is 286 g/mol. The second-order valence-corrected chi connectivity index (χ2v) is 5.84. The smallest absolute Gasteiger partial charge is 0.414 e. The highest BCUT2D eigenvalue weighted by atomic mass is 16.6. The normalized spacial score (nSPS) is 11.5. The van der Waals surface area contributed by atoms with Gasteiger partial charge in [0.25, 0.3) is 5.91 Å². The van der Waals surface area contributed by atoms with E-state index >= 15 is 0 Å². The molecular formula is C15H19N3O4. The van der Waals surface area contributed by atoms with Crippen LogP contribution in [0.4, 0.5) is 10.7 Å². The molecule has 118 valence electrons. The molecule has 2 aromatic heterocycles. The van der Waals surface area contributed by atoms with Gasteiger partial charge in [-0.25, -0.2) is 4.79 Å². The predicted molar refractivity (Wildman–Crippen MR) is 81.8 cm³/mol. The molecule has 2 aromatic rings. The number of nitrogens with zero attached hydrogens (tertiary/aromatic N) is 1. The fourth-order valence-corrected chi connectivity index (χ4v) is 1.93. The van der Waals surface area contributed by atoms with Crippen LogP contribution in [0, 0.1) is 0 Å². The molecule has 22 heavy (non-hydrogen) atoms. The van der Waals surface area contributed by atoms with E-state index in [1.807, 2.05) is 6.92 Å². The van der Waals surface area contributed by atoms with Gasteiger partial charge in [0, 0.05) is 6.20 Å². The number of fused-ring (bicyclic) bond motifs is 1. The summed E-state index contributed by atoms with van der Waals surface area (Å²) >= 11 is 0. The van der Waals surface area contributed by atoms with Crippen molar-refractivity contribution in [1.29, 1.82) is 0 Å². The molecule has 0 bridgehead atoms. The summed E-state index contributed by atoms with van der Waals surface area (Å²) in [7, 11) is 0. The monoisotopic (exact) mass is 305 g/mol. The third-order valence-corrected chi connectivity index (χ3v) is 2.85. The van der Waals surface area contributed by atoms with E-state index in [0.717, 1.165) is 12.0 Å². The van der Waals surface area contributed by atoms with Gasteiger partial charge < -0.3 is 14.9 Å². The van der Waals surface area contributed by atoms with Gasteiger partial charge >= 0.3 is 6.09 Å². The SMILES string of the molecule is CCc1cnc2c(C(N)=O)c(NC(=O)OC(C)(C)C)oc2c1. The summed E-state index contributed by atoms with van der Waals surface area (Å²) in [4.78, 5) is 27.7. The molecule has 0 fully saturated rings. The van der Waals surface area contributed by atoms with Crippen LogP contribution in [0.5, 0.6) is 0 Å². The Balaban J connectivity index is 2.42. The Morgan fingerprint density at radius 1 is 1.41 bits per heavy atom. The topological polar surface area (TPSA) is 107 Å². The number of pyridine rings is 1. The number of hydrogen-bond acceptors (Lipinski definition) is 5.